The average molecular weight is 435 g/mol. The maximum Gasteiger partial charge on any atom is 1.00 e. The van der Waals surface area contributed by atoms with Crippen molar-refractivity contribution in [3.05, 3.63) is 0 Å². The van der Waals surface area contributed by atoms with Crippen molar-refractivity contribution in [3.63, 3.8) is 0 Å². The SMILES string of the molecule is [H-].[La].[Na+].[Ta].[Zr]. The van der Waals surface area contributed by atoms with E-state index in [4.69, 9.17) is 0 Å². The Labute approximate surface area is 112 Å². The summed E-state index contributed by atoms with van der Waals surface area (Å²) in [5.41, 5.74) is 0. The van der Waals surface area contributed by atoms with Crippen LogP contribution in [0.3, 0.4) is 0 Å². The van der Waals surface area contributed by atoms with Gasteiger partial charge in [0.25, 0.3) is 0 Å². The van der Waals surface area contributed by atoms with Gasteiger partial charge < -0.3 is 1.43 Å². The average Bonchev–Trinajstić information content (AvgIpc) is 0. The van der Waals surface area contributed by atoms with Crippen molar-refractivity contribution in [3.8, 4) is 0 Å². The topological polar surface area (TPSA) is 0 Å². The minimum atomic E-state index is 0. The molecular formula is HLaNaTaZr. The Morgan fingerprint density at radius 2 is 1.25 bits per heavy atom. The van der Waals surface area contributed by atoms with Gasteiger partial charge in [-0.1, -0.05) is 0 Å². The molecule has 0 saturated heterocycles. The van der Waals surface area contributed by atoms with Crippen molar-refractivity contribution in [2.45, 2.75) is 0 Å². The molecule has 0 nitrogen and oxygen atoms in total. The van der Waals surface area contributed by atoms with Crippen LogP contribution in [0.15, 0.2) is 0 Å². The molecule has 0 aromatic heterocycles. The summed E-state index contributed by atoms with van der Waals surface area (Å²) in [6.45, 7) is 0. The fourth-order valence-electron chi connectivity index (χ4n) is 0. The monoisotopic (exact) mass is 434 g/mol. The molecule has 0 spiro atoms. The van der Waals surface area contributed by atoms with Gasteiger partial charge in [0.15, 0.2) is 0 Å². The van der Waals surface area contributed by atoms with E-state index in [0.717, 1.165) is 0 Å². The molecule has 4 heteroatoms. The first kappa shape index (κ1) is 24.9. The predicted molar refractivity (Wildman–Crippen MR) is 1.11 cm³/mol. The largest absolute Gasteiger partial charge is 1.00 e. The Kier molecular flexibility index (Phi) is 98.7. The van der Waals surface area contributed by atoms with Gasteiger partial charge in [-0.15, -0.1) is 0 Å². The van der Waals surface area contributed by atoms with Crippen molar-refractivity contribution < 1.29 is 115 Å². The third kappa shape index (κ3) is 9.26. The second kappa shape index (κ2) is 15.8. The Morgan fingerprint density at radius 3 is 1.25 bits per heavy atom. The fourth-order valence-corrected chi connectivity index (χ4v) is 0. The molecule has 0 bridgehead atoms. The van der Waals surface area contributed by atoms with Crippen LogP contribution in [0.2, 0.25) is 0 Å². The number of hydrogen-bond acceptors (Lipinski definition) is 0. The molecule has 2 radical (unpaired) electrons. The van der Waals surface area contributed by atoms with E-state index >= 15 is 0 Å². The molecule has 4 heavy (non-hydrogen) atoms. The van der Waals surface area contributed by atoms with Crippen molar-refractivity contribution in [1.82, 2.24) is 0 Å². The van der Waals surface area contributed by atoms with Crippen LogP contribution < -0.4 is 29.6 Å². The van der Waals surface area contributed by atoms with Crippen LogP contribution in [-0.4, -0.2) is 0 Å². The Balaban J connectivity index is 0. The van der Waals surface area contributed by atoms with E-state index in [0.29, 0.717) is 0 Å². The maximum absolute atomic E-state index is 0. The second-order valence-corrected chi connectivity index (χ2v) is 0. The third-order valence-corrected chi connectivity index (χ3v) is 0. The van der Waals surface area contributed by atoms with Crippen LogP contribution in [0.4, 0.5) is 0 Å². The van der Waals surface area contributed by atoms with Crippen LogP contribution in [0.1, 0.15) is 1.43 Å². The van der Waals surface area contributed by atoms with Gasteiger partial charge in [0.05, 0.1) is 0 Å². The Hall–Kier alpha value is 3.82. The van der Waals surface area contributed by atoms with Crippen molar-refractivity contribution in [1.29, 1.82) is 0 Å². The summed E-state index contributed by atoms with van der Waals surface area (Å²) >= 11 is 0. The van der Waals surface area contributed by atoms with Gasteiger partial charge >= 0.3 is 29.6 Å². The van der Waals surface area contributed by atoms with Gasteiger partial charge in [0.2, 0.25) is 0 Å². The standard InChI is InChI=1S/La.Na.Ta.Zr.H/q;+1;;;-1. The summed E-state index contributed by atoms with van der Waals surface area (Å²) in [5.74, 6) is 0. The van der Waals surface area contributed by atoms with Crippen LogP contribution in [0.5, 0.6) is 0 Å². The number of hydrogen-bond donors (Lipinski definition) is 0. The van der Waals surface area contributed by atoms with Crippen molar-refractivity contribution >= 4 is 0 Å². The quantitative estimate of drug-likeness (QED) is 0.359. The zero-order chi connectivity index (χ0) is 0. The van der Waals surface area contributed by atoms with Gasteiger partial charge in [0, 0.05) is 84.2 Å². The first-order chi connectivity index (χ1) is 0. The molecule has 0 unspecified atom stereocenters. The molecular weight excluding hydrogens is 434 g/mol. The zero-order valence-electron chi connectivity index (χ0n) is 3.52. The predicted octanol–water partition coefficient (Wildman–Crippen LogP) is -2.89. The fraction of sp³-hybridized carbons (Fsp3) is 0. The van der Waals surface area contributed by atoms with Crippen molar-refractivity contribution in [2.24, 2.45) is 0 Å². The Morgan fingerprint density at radius 1 is 1.25 bits per heavy atom. The van der Waals surface area contributed by atoms with E-state index in [9.17, 15) is 0 Å². The van der Waals surface area contributed by atoms with E-state index in [-0.39, 0.29) is 115 Å². The number of rotatable bonds is 0. The summed E-state index contributed by atoms with van der Waals surface area (Å²) in [7, 11) is 0. The molecule has 0 heterocycles. The first-order valence-electron chi connectivity index (χ1n) is 0. The van der Waals surface area contributed by atoms with E-state index < -0.39 is 0 Å². The van der Waals surface area contributed by atoms with Gasteiger partial charge in [-0.3, -0.25) is 0 Å². The van der Waals surface area contributed by atoms with Gasteiger partial charge in [0.1, 0.15) is 0 Å². The van der Waals surface area contributed by atoms with Gasteiger partial charge in [-0.2, -0.15) is 0 Å². The molecule has 0 N–H and O–H groups in total. The van der Waals surface area contributed by atoms with E-state index in [1.54, 1.807) is 0 Å². The summed E-state index contributed by atoms with van der Waals surface area (Å²) in [4.78, 5) is 0. The molecule has 0 amide bonds. The van der Waals surface area contributed by atoms with E-state index in [1.165, 1.54) is 0 Å². The molecule has 0 saturated carbocycles. The Bertz CT molecular complexity index is 11.6. The summed E-state index contributed by atoms with van der Waals surface area (Å²) in [6.07, 6.45) is 0. The summed E-state index contributed by atoms with van der Waals surface area (Å²) < 4.78 is 0. The molecule has 14 valence electrons. The maximum atomic E-state index is 0. The van der Waals surface area contributed by atoms with E-state index in [1.807, 2.05) is 0 Å². The minimum absolute atomic E-state index is 0. The van der Waals surface area contributed by atoms with E-state index in [2.05, 4.69) is 0 Å². The minimum Gasteiger partial charge on any atom is -1.00 e. The van der Waals surface area contributed by atoms with Gasteiger partial charge in [-0.25, -0.2) is 0 Å². The molecule has 0 rings (SSSR count). The van der Waals surface area contributed by atoms with Gasteiger partial charge in [-0.05, 0) is 0 Å². The zero-order valence-corrected chi connectivity index (χ0v) is 13.8. The van der Waals surface area contributed by atoms with Crippen molar-refractivity contribution in [2.75, 3.05) is 0 Å². The summed E-state index contributed by atoms with van der Waals surface area (Å²) in [5, 5.41) is 0. The molecule has 0 aromatic rings. The molecule has 0 aliphatic rings. The molecule has 0 aliphatic carbocycles. The summed E-state index contributed by atoms with van der Waals surface area (Å²) in [6, 6.07) is 0. The molecule has 0 aromatic carbocycles. The smallest absolute Gasteiger partial charge is 1.00 e. The molecule has 0 fully saturated rings. The van der Waals surface area contributed by atoms with Crippen LogP contribution in [0, 0.1) is 35.6 Å². The molecule has 0 atom stereocenters. The molecule has 0 aliphatic heterocycles. The van der Waals surface area contributed by atoms with Crippen LogP contribution >= 0.6 is 0 Å². The first-order valence-corrected chi connectivity index (χ1v) is 0. The third-order valence-electron chi connectivity index (χ3n) is 0. The second-order valence-electron chi connectivity index (χ2n) is 0. The van der Waals surface area contributed by atoms with Crippen LogP contribution in [-0.2, 0) is 48.6 Å². The van der Waals surface area contributed by atoms with Crippen LogP contribution in [0.25, 0.3) is 0 Å². The normalized spacial score (nSPS) is 0.